The van der Waals surface area contributed by atoms with Crippen LogP contribution in [0.25, 0.3) is 0 Å². The molecule has 0 spiro atoms. The maximum absolute atomic E-state index is 12.7. The molecule has 28 heavy (non-hydrogen) atoms. The summed E-state index contributed by atoms with van der Waals surface area (Å²) in [4.78, 5) is 12.7. The molecule has 7 nitrogen and oxygen atoms in total. The standard InChI is InChI=1S/C19H21ClN2O5S/c1-3-26-15-7-5-14(6-8-15)21-19(23)18-10-11-22(28(2,24)25)16-12-13(20)4-9-17(16)27-18/h4-9,12,18H,3,10-11H2,1-2H3,(H,21,23). The van der Waals surface area contributed by atoms with Crippen LogP contribution >= 0.6 is 11.6 Å². The van der Waals surface area contributed by atoms with Gasteiger partial charge in [0, 0.05) is 23.7 Å². The van der Waals surface area contributed by atoms with E-state index in [2.05, 4.69) is 5.32 Å². The Morgan fingerprint density at radius 3 is 2.64 bits per heavy atom. The van der Waals surface area contributed by atoms with Crippen molar-refractivity contribution in [2.24, 2.45) is 0 Å². The van der Waals surface area contributed by atoms with E-state index in [0.717, 1.165) is 6.26 Å². The number of anilines is 2. The molecule has 0 radical (unpaired) electrons. The first-order chi connectivity index (χ1) is 13.3. The largest absolute Gasteiger partial charge is 0.494 e. The molecule has 2 aromatic rings. The zero-order valence-corrected chi connectivity index (χ0v) is 17.1. The van der Waals surface area contributed by atoms with Gasteiger partial charge in [-0.05, 0) is 49.4 Å². The Labute approximate surface area is 169 Å². The van der Waals surface area contributed by atoms with E-state index in [4.69, 9.17) is 21.1 Å². The van der Waals surface area contributed by atoms with Crippen molar-refractivity contribution >= 4 is 38.9 Å². The van der Waals surface area contributed by atoms with Crippen LogP contribution < -0.4 is 19.1 Å². The van der Waals surface area contributed by atoms with Crippen molar-refractivity contribution in [1.82, 2.24) is 0 Å². The molecule has 0 aliphatic carbocycles. The molecule has 1 aliphatic heterocycles. The second kappa shape index (κ2) is 8.28. The summed E-state index contributed by atoms with van der Waals surface area (Å²) in [6, 6.07) is 11.7. The second-order valence-electron chi connectivity index (χ2n) is 6.29. The Bertz CT molecular complexity index is 963. The quantitative estimate of drug-likeness (QED) is 0.796. The van der Waals surface area contributed by atoms with Crippen LogP contribution in [0.5, 0.6) is 11.5 Å². The van der Waals surface area contributed by atoms with Gasteiger partial charge in [-0.1, -0.05) is 11.6 Å². The summed E-state index contributed by atoms with van der Waals surface area (Å²) < 4.78 is 36.8. The van der Waals surface area contributed by atoms with E-state index in [-0.39, 0.29) is 18.9 Å². The number of fused-ring (bicyclic) bond motifs is 1. The molecule has 1 atom stereocenters. The zero-order valence-electron chi connectivity index (χ0n) is 15.5. The fourth-order valence-electron chi connectivity index (χ4n) is 2.91. The van der Waals surface area contributed by atoms with Gasteiger partial charge in [-0.25, -0.2) is 8.42 Å². The number of hydrogen-bond acceptors (Lipinski definition) is 5. The maximum Gasteiger partial charge on any atom is 0.265 e. The van der Waals surface area contributed by atoms with Gasteiger partial charge in [0.2, 0.25) is 10.0 Å². The predicted octanol–water partition coefficient (Wildman–Crippen LogP) is 3.29. The zero-order chi connectivity index (χ0) is 20.3. The fourth-order valence-corrected chi connectivity index (χ4v) is 4.01. The van der Waals surface area contributed by atoms with Gasteiger partial charge >= 0.3 is 0 Å². The van der Waals surface area contributed by atoms with E-state index in [1.165, 1.54) is 10.4 Å². The van der Waals surface area contributed by atoms with Gasteiger partial charge in [0.15, 0.2) is 6.10 Å². The van der Waals surface area contributed by atoms with E-state index >= 15 is 0 Å². The molecule has 0 fully saturated rings. The molecule has 1 heterocycles. The summed E-state index contributed by atoms with van der Waals surface area (Å²) in [6.07, 6.45) is 0.457. The molecule has 1 unspecified atom stereocenters. The number of ether oxygens (including phenoxy) is 2. The highest BCUT2D eigenvalue weighted by atomic mass is 35.5. The van der Waals surface area contributed by atoms with Gasteiger partial charge < -0.3 is 14.8 Å². The van der Waals surface area contributed by atoms with Crippen molar-refractivity contribution in [2.45, 2.75) is 19.4 Å². The molecule has 2 aromatic carbocycles. The third-order valence-electron chi connectivity index (χ3n) is 4.18. The highest BCUT2D eigenvalue weighted by Gasteiger charge is 2.31. The maximum atomic E-state index is 12.7. The summed E-state index contributed by atoms with van der Waals surface area (Å²) >= 11 is 6.02. The summed E-state index contributed by atoms with van der Waals surface area (Å²) in [5, 5.41) is 3.17. The second-order valence-corrected chi connectivity index (χ2v) is 8.63. The van der Waals surface area contributed by atoms with Crippen molar-refractivity contribution in [3.63, 3.8) is 0 Å². The van der Waals surface area contributed by atoms with Crippen molar-refractivity contribution < 1.29 is 22.7 Å². The van der Waals surface area contributed by atoms with Gasteiger partial charge in [-0.15, -0.1) is 0 Å². The van der Waals surface area contributed by atoms with E-state index < -0.39 is 16.1 Å². The van der Waals surface area contributed by atoms with E-state index in [9.17, 15) is 13.2 Å². The molecule has 3 rings (SSSR count). The Balaban J connectivity index is 1.80. The summed E-state index contributed by atoms with van der Waals surface area (Å²) in [6.45, 7) is 2.55. The molecule has 0 bridgehead atoms. The van der Waals surface area contributed by atoms with E-state index in [0.29, 0.717) is 34.5 Å². The average Bonchev–Trinajstić information content (AvgIpc) is 2.82. The van der Waals surface area contributed by atoms with E-state index in [1.807, 2.05) is 6.92 Å². The molecule has 0 aromatic heterocycles. The minimum Gasteiger partial charge on any atom is -0.494 e. The lowest BCUT2D eigenvalue weighted by Gasteiger charge is -2.21. The van der Waals surface area contributed by atoms with Crippen LogP contribution in [0.2, 0.25) is 5.02 Å². The lowest BCUT2D eigenvalue weighted by atomic mass is 10.2. The van der Waals surface area contributed by atoms with Gasteiger partial charge in [0.25, 0.3) is 5.91 Å². The predicted molar refractivity (Wildman–Crippen MR) is 109 cm³/mol. The number of nitrogens with one attached hydrogen (secondary N) is 1. The highest BCUT2D eigenvalue weighted by Crippen LogP contribution is 2.36. The van der Waals surface area contributed by atoms with Crippen LogP contribution in [0.15, 0.2) is 42.5 Å². The van der Waals surface area contributed by atoms with Crippen LogP contribution in [0.4, 0.5) is 11.4 Å². The average molecular weight is 425 g/mol. The first kappa shape index (κ1) is 20.3. The van der Waals surface area contributed by atoms with E-state index in [1.54, 1.807) is 36.4 Å². The number of halogens is 1. The van der Waals surface area contributed by atoms with Gasteiger partial charge in [-0.3, -0.25) is 9.10 Å². The number of nitrogens with zero attached hydrogens (tertiary/aromatic N) is 1. The van der Waals surface area contributed by atoms with Crippen LogP contribution in [0.1, 0.15) is 13.3 Å². The SMILES string of the molecule is CCOc1ccc(NC(=O)C2CCN(S(C)(=O)=O)c3cc(Cl)ccc3O2)cc1. The third kappa shape index (κ3) is 4.69. The van der Waals surface area contributed by atoms with Crippen molar-refractivity contribution in [3.8, 4) is 11.5 Å². The van der Waals surface area contributed by atoms with Crippen molar-refractivity contribution in [3.05, 3.63) is 47.5 Å². The smallest absolute Gasteiger partial charge is 0.265 e. The number of rotatable bonds is 5. The lowest BCUT2D eigenvalue weighted by molar-refractivity contribution is -0.122. The number of benzene rings is 2. The van der Waals surface area contributed by atoms with Gasteiger partial charge in [-0.2, -0.15) is 0 Å². The number of carbonyl (C=O) groups excluding carboxylic acids is 1. The lowest BCUT2D eigenvalue weighted by Crippen LogP contribution is -2.35. The van der Waals surface area contributed by atoms with Crippen LogP contribution in [0, 0.1) is 0 Å². The first-order valence-electron chi connectivity index (χ1n) is 8.75. The Kier molecular flexibility index (Phi) is 6.00. The minimum absolute atomic E-state index is 0.105. The molecular weight excluding hydrogens is 404 g/mol. The number of amides is 1. The molecule has 1 N–H and O–H groups in total. The monoisotopic (exact) mass is 424 g/mol. The Morgan fingerprint density at radius 2 is 2.00 bits per heavy atom. The molecule has 150 valence electrons. The van der Waals surface area contributed by atoms with Crippen molar-refractivity contribution in [2.75, 3.05) is 29.0 Å². The first-order valence-corrected chi connectivity index (χ1v) is 11.0. The molecule has 0 saturated carbocycles. The normalized spacial score (nSPS) is 16.5. The molecule has 0 saturated heterocycles. The Hall–Kier alpha value is -2.45. The fraction of sp³-hybridized carbons (Fsp3) is 0.316. The van der Waals surface area contributed by atoms with Gasteiger partial charge in [0.05, 0.1) is 18.6 Å². The summed E-state index contributed by atoms with van der Waals surface area (Å²) in [7, 11) is -3.55. The summed E-state index contributed by atoms with van der Waals surface area (Å²) in [5.74, 6) is 0.639. The van der Waals surface area contributed by atoms with Crippen molar-refractivity contribution in [1.29, 1.82) is 0 Å². The highest BCUT2D eigenvalue weighted by molar-refractivity contribution is 7.92. The number of carbonyl (C=O) groups is 1. The summed E-state index contributed by atoms with van der Waals surface area (Å²) in [5.41, 5.74) is 0.920. The topological polar surface area (TPSA) is 84.9 Å². The molecule has 1 aliphatic rings. The molecule has 1 amide bonds. The van der Waals surface area contributed by atoms with Crippen LogP contribution in [-0.2, 0) is 14.8 Å². The Morgan fingerprint density at radius 1 is 1.29 bits per heavy atom. The number of hydrogen-bond donors (Lipinski definition) is 1. The number of sulfonamides is 1. The molecular formula is C19H21ClN2O5S. The van der Waals surface area contributed by atoms with Gasteiger partial charge in [0.1, 0.15) is 11.5 Å². The third-order valence-corrected chi connectivity index (χ3v) is 5.59. The minimum atomic E-state index is -3.55. The van der Waals surface area contributed by atoms with Crippen LogP contribution in [-0.4, -0.2) is 39.8 Å². The van der Waals surface area contributed by atoms with Crippen LogP contribution in [0.3, 0.4) is 0 Å². The molecule has 9 heteroatoms.